The molecule has 0 spiro atoms. The highest BCUT2D eigenvalue weighted by Crippen LogP contribution is 2.29. The fraction of sp³-hybridized carbons (Fsp3) is 0.524. The van der Waals surface area contributed by atoms with Crippen molar-refractivity contribution in [3.05, 3.63) is 40.0 Å². The monoisotopic (exact) mass is 465 g/mol. The van der Waals surface area contributed by atoms with Gasteiger partial charge in [0.25, 0.3) is 11.8 Å². The van der Waals surface area contributed by atoms with Gasteiger partial charge >= 0.3 is 0 Å². The molecule has 0 aromatic carbocycles. The first-order valence-electron chi connectivity index (χ1n) is 10.6. The standard InChI is InChI=1S/C21H27N3O5S2/c1-15-7-13-29-18(15)20(25)22-16-5-11-23(12-6-16)21(26)19-17(8-14-30-19)31(27,28)24-9-3-2-4-10-24/h7-8,13-14,16H,2-6,9-12H2,1H3,(H,22,25). The number of hydrogen-bond acceptors (Lipinski definition) is 6. The Morgan fingerprint density at radius 2 is 1.81 bits per heavy atom. The molecule has 0 unspecified atom stereocenters. The van der Waals surface area contributed by atoms with Crippen molar-refractivity contribution in [2.75, 3.05) is 26.2 Å². The van der Waals surface area contributed by atoms with E-state index < -0.39 is 10.0 Å². The number of carbonyl (C=O) groups excluding carboxylic acids is 2. The fourth-order valence-electron chi connectivity index (χ4n) is 4.13. The molecule has 0 bridgehead atoms. The van der Waals surface area contributed by atoms with E-state index in [1.807, 2.05) is 6.92 Å². The van der Waals surface area contributed by atoms with Gasteiger partial charge in [-0.15, -0.1) is 11.3 Å². The summed E-state index contributed by atoms with van der Waals surface area (Å²) in [6, 6.07) is 3.23. The van der Waals surface area contributed by atoms with E-state index in [-0.39, 0.29) is 27.6 Å². The molecule has 8 nitrogen and oxygen atoms in total. The van der Waals surface area contributed by atoms with Crippen LogP contribution in [0, 0.1) is 6.92 Å². The molecule has 2 aliphatic rings. The third kappa shape index (κ3) is 4.56. The summed E-state index contributed by atoms with van der Waals surface area (Å²) < 4.78 is 32.9. The number of amides is 2. The fourth-order valence-corrected chi connectivity index (χ4v) is 7.01. The normalized spacial score (nSPS) is 18.8. The van der Waals surface area contributed by atoms with Crippen LogP contribution >= 0.6 is 11.3 Å². The van der Waals surface area contributed by atoms with E-state index in [9.17, 15) is 18.0 Å². The number of likely N-dealkylation sites (tertiary alicyclic amines) is 1. The lowest BCUT2D eigenvalue weighted by Crippen LogP contribution is -2.46. The first kappa shape index (κ1) is 22.0. The summed E-state index contributed by atoms with van der Waals surface area (Å²) in [6.07, 6.45) is 5.44. The zero-order chi connectivity index (χ0) is 22.0. The van der Waals surface area contributed by atoms with Crippen LogP contribution in [-0.4, -0.2) is 61.7 Å². The minimum Gasteiger partial charge on any atom is -0.459 e. The first-order chi connectivity index (χ1) is 14.9. The number of thiophene rings is 1. The number of rotatable bonds is 5. The van der Waals surface area contributed by atoms with Crippen molar-refractivity contribution >= 4 is 33.2 Å². The molecule has 10 heteroatoms. The van der Waals surface area contributed by atoms with Crippen LogP contribution in [0.25, 0.3) is 0 Å². The van der Waals surface area contributed by atoms with Crippen molar-refractivity contribution in [3.8, 4) is 0 Å². The summed E-state index contributed by atoms with van der Waals surface area (Å²) in [6.45, 7) is 3.75. The average molecular weight is 466 g/mol. The minimum absolute atomic E-state index is 0.0547. The second-order valence-corrected chi connectivity index (χ2v) is 10.9. The van der Waals surface area contributed by atoms with E-state index in [4.69, 9.17) is 4.42 Å². The number of nitrogens with zero attached hydrogens (tertiary/aromatic N) is 2. The Morgan fingerprint density at radius 3 is 2.45 bits per heavy atom. The van der Waals surface area contributed by atoms with Crippen LogP contribution in [0.2, 0.25) is 0 Å². The summed E-state index contributed by atoms with van der Waals surface area (Å²) in [4.78, 5) is 27.5. The molecule has 2 fully saturated rings. The van der Waals surface area contributed by atoms with Crippen LogP contribution < -0.4 is 5.32 Å². The van der Waals surface area contributed by atoms with Crippen molar-refractivity contribution in [1.29, 1.82) is 0 Å². The van der Waals surface area contributed by atoms with Gasteiger partial charge in [0.15, 0.2) is 5.76 Å². The Hall–Kier alpha value is -2.17. The van der Waals surface area contributed by atoms with Crippen molar-refractivity contribution in [3.63, 3.8) is 0 Å². The van der Waals surface area contributed by atoms with Crippen LogP contribution in [0.15, 0.2) is 33.1 Å². The molecule has 1 N–H and O–H groups in total. The topological polar surface area (TPSA) is 99.9 Å². The lowest BCUT2D eigenvalue weighted by molar-refractivity contribution is 0.0696. The Balaban J connectivity index is 1.39. The van der Waals surface area contributed by atoms with E-state index in [0.29, 0.717) is 44.8 Å². The first-order valence-corrected chi connectivity index (χ1v) is 12.9. The van der Waals surface area contributed by atoms with Gasteiger partial charge in [0.05, 0.1) is 6.26 Å². The van der Waals surface area contributed by atoms with Gasteiger partial charge in [-0.2, -0.15) is 4.31 Å². The molecule has 2 aromatic heterocycles. The molecule has 0 saturated carbocycles. The van der Waals surface area contributed by atoms with Crippen LogP contribution in [0.3, 0.4) is 0 Å². The van der Waals surface area contributed by atoms with Crippen molar-refractivity contribution in [1.82, 2.24) is 14.5 Å². The molecule has 0 aliphatic carbocycles. The molecule has 2 aliphatic heterocycles. The Kier molecular flexibility index (Phi) is 6.49. The molecule has 4 rings (SSSR count). The minimum atomic E-state index is -3.66. The van der Waals surface area contributed by atoms with E-state index in [0.717, 1.165) is 24.8 Å². The molecule has 0 atom stereocenters. The quantitative estimate of drug-likeness (QED) is 0.732. The number of piperidine rings is 2. The van der Waals surface area contributed by atoms with E-state index in [1.54, 1.807) is 22.4 Å². The molecular weight excluding hydrogens is 438 g/mol. The zero-order valence-electron chi connectivity index (χ0n) is 17.5. The maximum Gasteiger partial charge on any atom is 0.287 e. The van der Waals surface area contributed by atoms with Gasteiger partial charge in [-0.1, -0.05) is 6.42 Å². The summed E-state index contributed by atoms with van der Waals surface area (Å²) in [5.41, 5.74) is 0.783. The van der Waals surface area contributed by atoms with Gasteiger partial charge < -0.3 is 14.6 Å². The number of nitrogens with one attached hydrogen (secondary N) is 1. The van der Waals surface area contributed by atoms with Crippen LogP contribution in [0.5, 0.6) is 0 Å². The number of sulfonamides is 1. The number of carbonyl (C=O) groups is 2. The van der Waals surface area contributed by atoms with Crippen LogP contribution in [-0.2, 0) is 10.0 Å². The third-order valence-electron chi connectivity index (χ3n) is 5.94. The van der Waals surface area contributed by atoms with Gasteiger partial charge in [0.2, 0.25) is 10.0 Å². The highest BCUT2D eigenvalue weighted by atomic mass is 32.2. The molecule has 31 heavy (non-hydrogen) atoms. The lowest BCUT2D eigenvalue weighted by atomic mass is 10.0. The molecule has 2 saturated heterocycles. The predicted molar refractivity (Wildman–Crippen MR) is 117 cm³/mol. The predicted octanol–water partition coefficient (Wildman–Crippen LogP) is 2.86. The Morgan fingerprint density at radius 1 is 1.10 bits per heavy atom. The highest BCUT2D eigenvalue weighted by molar-refractivity contribution is 7.89. The summed E-state index contributed by atoms with van der Waals surface area (Å²) in [7, 11) is -3.66. The average Bonchev–Trinajstić information content (AvgIpc) is 3.44. The summed E-state index contributed by atoms with van der Waals surface area (Å²) in [5, 5.41) is 4.63. The second kappa shape index (κ2) is 9.13. The Bertz CT molecular complexity index is 1040. The van der Waals surface area contributed by atoms with Crippen molar-refractivity contribution in [2.24, 2.45) is 0 Å². The number of aryl methyl sites for hydroxylation is 1. The van der Waals surface area contributed by atoms with Gasteiger partial charge in [-0.25, -0.2) is 8.42 Å². The molecule has 4 heterocycles. The lowest BCUT2D eigenvalue weighted by Gasteiger charge is -2.32. The van der Waals surface area contributed by atoms with Gasteiger partial charge in [-0.05, 0) is 50.1 Å². The maximum absolute atomic E-state index is 13.1. The Labute approximate surface area is 186 Å². The van der Waals surface area contributed by atoms with E-state index in [1.165, 1.54) is 21.9 Å². The molecular formula is C21H27N3O5S2. The maximum atomic E-state index is 13.1. The number of furan rings is 1. The molecule has 168 valence electrons. The summed E-state index contributed by atoms with van der Waals surface area (Å²) in [5.74, 6) is -0.192. The van der Waals surface area contributed by atoms with Crippen molar-refractivity contribution < 1.29 is 22.4 Å². The van der Waals surface area contributed by atoms with Crippen LogP contribution in [0.1, 0.15) is 57.9 Å². The molecule has 2 aromatic rings. The molecule has 0 radical (unpaired) electrons. The highest BCUT2D eigenvalue weighted by Gasteiger charge is 2.33. The van der Waals surface area contributed by atoms with Crippen molar-refractivity contribution in [2.45, 2.75) is 50.0 Å². The van der Waals surface area contributed by atoms with Gasteiger partial charge in [-0.3, -0.25) is 9.59 Å². The van der Waals surface area contributed by atoms with Gasteiger partial charge in [0.1, 0.15) is 9.77 Å². The van der Waals surface area contributed by atoms with Crippen LogP contribution in [0.4, 0.5) is 0 Å². The summed E-state index contributed by atoms with van der Waals surface area (Å²) >= 11 is 1.17. The SMILES string of the molecule is Cc1ccoc1C(=O)NC1CCN(C(=O)c2sccc2S(=O)(=O)N2CCCCC2)CC1. The van der Waals surface area contributed by atoms with E-state index >= 15 is 0 Å². The van der Waals surface area contributed by atoms with E-state index in [2.05, 4.69) is 5.32 Å². The third-order valence-corrected chi connectivity index (χ3v) is 8.91. The largest absolute Gasteiger partial charge is 0.459 e. The van der Waals surface area contributed by atoms with Gasteiger partial charge in [0, 0.05) is 37.8 Å². The zero-order valence-corrected chi connectivity index (χ0v) is 19.1. The second-order valence-electron chi connectivity index (χ2n) is 8.05. The molecule has 2 amide bonds. The smallest absolute Gasteiger partial charge is 0.287 e. The number of hydrogen-bond donors (Lipinski definition) is 1.